The number of aromatic amines is 1. The van der Waals surface area contributed by atoms with E-state index in [0.717, 1.165) is 0 Å². The molecular weight excluding hydrogens is 460 g/mol. The van der Waals surface area contributed by atoms with E-state index in [0.29, 0.717) is 12.0 Å². The summed E-state index contributed by atoms with van der Waals surface area (Å²) in [5.41, 5.74) is 0. The molecule has 1 aromatic heterocycles. The Morgan fingerprint density at radius 3 is 1.24 bits per heavy atom. The van der Waals surface area contributed by atoms with Gasteiger partial charge in [-0.05, 0) is 32.6 Å². The minimum atomic E-state index is 0.622. The molecule has 0 amide bonds. The predicted molar refractivity (Wildman–Crippen MR) is 170 cm³/mol. The van der Waals surface area contributed by atoms with Gasteiger partial charge in [-0.1, -0.05) is 168 Å². The van der Waals surface area contributed by atoms with Crippen LogP contribution in [0.5, 0.6) is 0 Å². The number of hydrogen-bond acceptors (Lipinski definition) is 0. The van der Waals surface area contributed by atoms with Gasteiger partial charge in [0.2, 0.25) is 0 Å². The molecule has 0 saturated carbocycles. The number of nitrogens with one attached hydrogen (secondary N) is 1. The minimum Gasteiger partial charge on any atom is -0.247 e. The Kier molecular flexibility index (Phi) is 24.5. The molecule has 0 aliphatic heterocycles. The number of H-pyrrole nitrogens is 1. The summed E-state index contributed by atoms with van der Waals surface area (Å²) in [6.07, 6.45) is 42.7. The highest BCUT2D eigenvalue weighted by atomic mass is 15.1. The Morgan fingerprint density at radius 2 is 0.842 bits per heavy atom. The maximum Gasteiger partial charge on any atom is 0.257 e. The molecule has 224 valence electrons. The first-order chi connectivity index (χ1) is 18.7. The molecule has 0 aliphatic carbocycles. The quantitative estimate of drug-likeness (QED) is 0.0783. The van der Waals surface area contributed by atoms with Crippen LogP contribution in [0.15, 0.2) is 12.4 Å². The van der Waals surface area contributed by atoms with Crippen molar-refractivity contribution in [2.75, 3.05) is 0 Å². The normalized spacial score (nSPS) is 13.3. The average Bonchev–Trinajstić information content (AvgIpc) is 3.42. The number of rotatable bonds is 29. The van der Waals surface area contributed by atoms with Gasteiger partial charge < -0.3 is 0 Å². The Bertz CT molecular complexity index is 592. The second kappa shape index (κ2) is 26.4. The van der Waals surface area contributed by atoms with E-state index in [4.69, 9.17) is 0 Å². The summed E-state index contributed by atoms with van der Waals surface area (Å²) in [5.74, 6) is 2.24. The summed E-state index contributed by atoms with van der Waals surface area (Å²) in [4.78, 5) is 3.72. The van der Waals surface area contributed by atoms with E-state index >= 15 is 0 Å². The standard InChI is InChI=1S/C36H70N2/c1-5-8-11-14-16-18-19-20-22-25-28-31-35(30-27-23-13-10-7-3)36-37-32-33-38(36)34(4)29-26-24-21-17-15-12-9-6-2/h32-35H,5-31H2,1-4H3/p+1. The molecule has 2 heteroatoms. The zero-order chi connectivity index (χ0) is 27.5. The largest absolute Gasteiger partial charge is 0.257 e. The van der Waals surface area contributed by atoms with E-state index in [2.05, 4.69) is 49.6 Å². The summed E-state index contributed by atoms with van der Waals surface area (Å²) in [5, 5.41) is 0. The Balaban J connectivity index is 2.41. The first-order valence-corrected chi connectivity index (χ1v) is 17.8. The van der Waals surface area contributed by atoms with E-state index < -0.39 is 0 Å². The van der Waals surface area contributed by atoms with Crippen molar-refractivity contribution >= 4 is 0 Å². The molecule has 1 N–H and O–H groups in total. The van der Waals surface area contributed by atoms with E-state index in [1.165, 1.54) is 179 Å². The second-order valence-electron chi connectivity index (χ2n) is 12.6. The average molecular weight is 532 g/mol. The zero-order valence-electron chi connectivity index (χ0n) is 26.8. The fraction of sp³-hybridized carbons (Fsp3) is 0.917. The smallest absolute Gasteiger partial charge is 0.247 e. The van der Waals surface area contributed by atoms with Crippen molar-refractivity contribution in [1.82, 2.24) is 4.98 Å². The van der Waals surface area contributed by atoms with E-state index in [-0.39, 0.29) is 0 Å². The third-order valence-electron chi connectivity index (χ3n) is 8.89. The molecular formula is C36H71N2+. The first-order valence-electron chi connectivity index (χ1n) is 17.8. The molecule has 1 aromatic rings. The van der Waals surface area contributed by atoms with Crippen molar-refractivity contribution in [3.63, 3.8) is 0 Å². The molecule has 0 fully saturated rings. The zero-order valence-corrected chi connectivity index (χ0v) is 26.8. The van der Waals surface area contributed by atoms with Gasteiger partial charge in [-0.25, -0.2) is 9.55 Å². The van der Waals surface area contributed by atoms with Crippen molar-refractivity contribution in [3.05, 3.63) is 18.2 Å². The summed E-state index contributed by atoms with van der Waals surface area (Å²) >= 11 is 0. The Morgan fingerprint density at radius 1 is 0.500 bits per heavy atom. The van der Waals surface area contributed by atoms with E-state index in [1.807, 2.05) is 0 Å². The van der Waals surface area contributed by atoms with Gasteiger partial charge in [-0.3, -0.25) is 0 Å². The number of unbranched alkanes of at least 4 members (excludes halogenated alkanes) is 21. The lowest BCUT2D eigenvalue weighted by atomic mass is 9.93. The fourth-order valence-corrected chi connectivity index (χ4v) is 6.25. The molecule has 0 spiro atoms. The van der Waals surface area contributed by atoms with Crippen LogP contribution in [0.3, 0.4) is 0 Å². The fourth-order valence-electron chi connectivity index (χ4n) is 6.25. The van der Waals surface area contributed by atoms with Crippen molar-refractivity contribution in [1.29, 1.82) is 0 Å². The molecule has 2 atom stereocenters. The van der Waals surface area contributed by atoms with Crippen LogP contribution in [0.4, 0.5) is 0 Å². The van der Waals surface area contributed by atoms with Crippen molar-refractivity contribution in [2.45, 2.75) is 213 Å². The summed E-state index contributed by atoms with van der Waals surface area (Å²) in [7, 11) is 0. The Labute approximate surface area is 240 Å². The highest BCUT2D eigenvalue weighted by Crippen LogP contribution is 2.27. The molecule has 1 rings (SSSR count). The minimum absolute atomic E-state index is 0.622. The van der Waals surface area contributed by atoms with Gasteiger partial charge in [-0.15, -0.1) is 0 Å². The van der Waals surface area contributed by atoms with Crippen LogP contribution in [-0.4, -0.2) is 4.98 Å². The van der Waals surface area contributed by atoms with Gasteiger partial charge in [0.15, 0.2) is 0 Å². The molecule has 38 heavy (non-hydrogen) atoms. The summed E-state index contributed by atoms with van der Waals surface area (Å²) in [6, 6.07) is 0.622. The predicted octanol–water partition coefficient (Wildman–Crippen LogP) is 12.5. The van der Waals surface area contributed by atoms with Gasteiger partial charge in [-0.2, -0.15) is 0 Å². The van der Waals surface area contributed by atoms with Crippen LogP contribution >= 0.6 is 0 Å². The van der Waals surface area contributed by atoms with Crippen LogP contribution in [-0.2, 0) is 0 Å². The lowest BCUT2D eigenvalue weighted by Crippen LogP contribution is -2.41. The lowest BCUT2D eigenvalue weighted by Gasteiger charge is -2.17. The van der Waals surface area contributed by atoms with Gasteiger partial charge in [0, 0.05) is 0 Å². The van der Waals surface area contributed by atoms with Gasteiger partial charge in [0.25, 0.3) is 5.82 Å². The maximum atomic E-state index is 3.72. The number of imidazole rings is 1. The molecule has 1 heterocycles. The molecule has 0 bridgehead atoms. The highest BCUT2D eigenvalue weighted by Gasteiger charge is 2.25. The third kappa shape index (κ3) is 18.5. The Hall–Kier alpha value is -0.790. The maximum absolute atomic E-state index is 3.72. The number of aromatic nitrogens is 2. The van der Waals surface area contributed by atoms with Crippen LogP contribution in [0.1, 0.15) is 219 Å². The number of hydrogen-bond donors (Lipinski definition) is 1. The van der Waals surface area contributed by atoms with Crippen molar-refractivity contribution in [2.24, 2.45) is 0 Å². The van der Waals surface area contributed by atoms with Crippen molar-refractivity contribution in [3.8, 4) is 0 Å². The summed E-state index contributed by atoms with van der Waals surface area (Å²) in [6.45, 7) is 9.40. The van der Waals surface area contributed by atoms with Crippen molar-refractivity contribution < 1.29 is 4.57 Å². The monoisotopic (exact) mass is 532 g/mol. The lowest BCUT2D eigenvalue weighted by molar-refractivity contribution is -0.727. The van der Waals surface area contributed by atoms with Crippen LogP contribution < -0.4 is 4.57 Å². The third-order valence-corrected chi connectivity index (χ3v) is 8.89. The molecule has 2 nitrogen and oxygen atoms in total. The molecule has 0 radical (unpaired) electrons. The number of nitrogens with zero attached hydrogens (tertiary/aromatic N) is 1. The van der Waals surface area contributed by atoms with Crippen LogP contribution in [0.2, 0.25) is 0 Å². The first kappa shape index (κ1) is 35.2. The topological polar surface area (TPSA) is 19.7 Å². The summed E-state index contributed by atoms with van der Waals surface area (Å²) < 4.78 is 2.62. The second-order valence-corrected chi connectivity index (χ2v) is 12.6. The van der Waals surface area contributed by atoms with E-state index in [1.54, 1.807) is 0 Å². The van der Waals surface area contributed by atoms with Gasteiger partial charge in [0.1, 0.15) is 12.4 Å². The molecule has 0 aromatic carbocycles. The SMILES string of the molecule is CCCCCCCCCCCCCC(CCCCCCC)c1[nH]cc[n+]1C(C)CCCCCCCCCC. The highest BCUT2D eigenvalue weighted by molar-refractivity contribution is 4.90. The van der Waals surface area contributed by atoms with Crippen LogP contribution in [0.25, 0.3) is 0 Å². The van der Waals surface area contributed by atoms with Crippen LogP contribution in [0, 0.1) is 0 Å². The molecule has 2 unspecified atom stereocenters. The van der Waals surface area contributed by atoms with E-state index in [9.17, 15) is 0 Å². The molecule has 0 saturated heterocycles. The van der Waals surface area contributed by atoms with Gasteiger partial charge in [0.05, 0.1) is 12.0 Å². The van der Waals surface area contributed by atoms with Gasteiger partial charge >= 0.3 is 0 Å². The molecule has 0 aliphatic rings.